The van der Waals surface area contributed by atoms with Crippen molar-refractivity contribution < 1.29 is 19.1 Å². The second-order valence-corrected chi connectivity index (χ2v) is 5.83. The van der Waals surface area contributed by atoms with Gasteiger partial charge in [0.25, 0.3) is 11.8 Å². The number of ether oxygens (including phenoxy) is 2. The minimum Gasteiger partial charge on any atom is -0.485 e. The SMILES string of the molecule is CNC(=O)c1ccc(CN(C)C(=O)C2COc3ccccc3O2)cc1. The number of hydrogen-bond donors (Lipinski definition) is 1. The van der Waals surface area contributed by atoms with Crippen LogP contribution in [-0.4, -0.2) is 43.5 Å². The lowest BCUT2D eigenvalue weighted by atomic mass is 10.1. The quantitative estimate of drug-likeness (QED) is 0.922. The van der Waals surface area contributed by atoms with Gasteiger partial charge in [-0.2, -0.15) is 0 Å². The molecule has 0 aliphatic carbocycles. The lowest BCUT2D eigenvalue weighted by molar-refractivity contribution is -0.140. The summed E-state index contributed by atoms with van der Waals surface area (Å²) in [6.45, 7) is 0.615. The van der Waals surface area contributed by atoms with E-state index in [1.54, 1.807) is 37.2 Å². The Hall–Kier alpha value is -3.02. The van der Waals surface area contributed by atoms with Gasteiger partial charge in [0.15, 0.2) is 11.5 Å². The number of likely N-dealkylation sites (N-methyl/N-ethyl adjacent to an activating group) is 1. The van der Waals surface area contributed by atoms with Crippen molar-refractivity contribution in [3.63, 3.8) is 0 Å². The predicted molar refractivity (Wildman–Crippen MR) is 92.7 cm³/mol. The molecular formula is C19H20N2O4. The summed E-state index contributed by atoms with van der Waals surface area (Å²) in [5.74, 6) is 0.946. The normalized spacial score (nSPS) is 15.4. The van der Waals surface area contributed by atoms with Crippen LogP contribution < -0.4 is 14.8 Å². The summed E-state index contributed by atoms with van der Waals surface area (Å²) >= 11 is 0. The van der Waals surface area contributed by atoms with Crippen LogP contribution in [0.5, 0.6) is 11.5 Å². The van der Waals surface area contributed by atoms with Gasteiger partial charge in [-0.1, -0.05) is 24.3 Å². The van der Waals surface area contributed by atoms with Gasteiger partial charge in [0.2, 0.25) is 6.10 Å². The van der Waals surface area contributed by atoms with E-state index in [0.29, 0.717) is 23.6 Å². The number of amides is 2. The molecule has 1 atom stereocenters. The Morgan fingerprint density at radius 1 is 1.12 bits per heavy atom. The van der Waals surface area contributed by atoms with E-state index in [4.69, 9.17) is 9.47 Å². The fourth-order valence-corrected chi connectivity index (χ4v) is 2.64. The molecule has 0 radical (unpaired) electrons. The number of rotatable bonds is 4. The maximum atomic E-state index is 12.6. The molecule has 2 aromatic rings. The van der Waals surface area contributed by atoms with Crippen LogP contribution in [0.4, 0.5) is 0 Å². The van der Waals surface area contributed by atoms with Gasteiger partial charge in [-0.25, -0.2) is 0 Å². The van der Waals surface area contributed by atoms with E-state index in [1.165, 1.54) is 0 Å². The summed E-state index contributed by atoms with van der Waals surface area (Å²) in [4.78, 5) is 25.7. The van der Waals surface area contributed by atoms with Crippen LogP contribution in [0.15, 0.2) is 48.5 Å². The Morgan fingerprint density at radius 3 is 2.48 bits per heavy atom. The van der Waals surface area contributed by atoms with Crippen molar-refractivity contribution in [1.82, 2.24) is 10.2 Å². The third kappa shape index (κ3) is 3.74. The molecule has 1 aliphatic rings. The molecule has 6 nitrogen and oxygen atoms in total. The van der Waals surface area contributed by atoms with Gasteiger partial charge in [-0.15, -0.1) is 0 Å². The third-order valence-electron chi connectivity index (χ3n) is 4.02. The molecule has 0 fully saturated rings. The number of hydrogen-bond acceptors (Lipinski definition) is 4. The highest BCUT2D eigenvalue weighted by Crippen LogP contribution is 2.31. The second-order valence-electron chi connectivity index (χ2n) is 5.83. The molecule has 0 saturated carbocycles. The fraction of sp³-hybridized carbons (Fsp3) is 0.263. The first-order valence-electron chi connectivity index (χ1n) is 8.03. The van der Waals surface area contributed by atoms with Gasteiger partial charge in [0, 0.05) is 26.2 Å². The number of nitrogens with one attached hydrogen (secondary N) is 1. The molecular weight excluding hydrogens is 320 g/mol. The summed E-state index contributed by atoms with van der Waals surface area (Å²) in [6.07, 6.45) is -0.662. The van der Waals surface area contributed by atoms with Crippen molar-refractivity contribution in [3.05, 3.63) is 59.7 Å². The highest BCUT2D eigenvalue weighted by Gasteiger charge is 2.29. The van der Waals surface area contributed by atoms with E-state index in [9.17, 15) is 9.59 Å². The number of fused-ring (bicyclic) bond motifs is 1. The molecule has 0 spiro atoms. The van der Waals surface area contributed by atoms with Crippen molar-refractivity contribution in [3.8, 4) is 11.5 Å². The average molecular weight is 340 g/mol. The predicted octanol–water partition coefficient (Wildman–Crippen LogP) is 1.84. The highest BCUT2D eigenvalue weighted by molar-refractivity contribution is 5.93. The Balaban J connectivity index is 1.62. The molecule has 0 saturated heterocycles. The number of carbonyl (C=O) groups is 2. The average Bonchev–Trinajstić information content (AvgIpc) is 2.67. The van der Waals surface area contributed by atoms with E-state index < -0.39 is 6.10 Å². The summed E-state index contributed by atoms with van der Waals surface area (Å²) in [5.41, 5.74) is 1.52. The second kappa shape index (κ2) is 7.25. The van der Waals surface area contributed by atoms with E-state index in [-0.39, 0.29) is 18.4 Å². The van der Waals surface area contributed by atoms with Crippen molar-refractivity contribution in [2.45, 2.75) is 12.6 Å². The first-order chi connectivity index (χ1) is 12.1. The van der Waals surface area contributed by atoms with Crippen molar-refractivity contribution >= 4 is 11.8 Å². The maximum Gasteiger partial charge on any atom is 0.267 e. The van der Waals surface area contributed by atoms with Gasteiger partial charge in [-0.3, -0.25) is 9.59 Å². The number of benzene rings is 2. The zero-order valence-electron chi connectivity index (χ0n) is 14.2. The van der Waals surface area contributed by atoms with E-state index in [0.717, 1.165) is 5.56 Å². The Morgan fingerprint density at radius 2 is 1.80 bits per heavy atom. The Kier molecular flexibility index (Phi) is 4.88. The smallest absolute Gasteiger partial charge is 0.267 e. The molecule has 2 aromatic carbocycles. The van der Waals surface area contributed by atoms with Gasteiger partial charge in [-0.05, 0) is 29.8 Å². The number of carbonyl (C=O) groups excluding carboxylic acids is 2. The van der Waals surface area contributed by atoms with E-state index in [2.05, 4.69) is 5.32 Å². The fourth-order valence-electron chi connectivity index (χ4n) is 2.64. The topological polar surface area (TPSA) is 67.9 Å². The van der Waals surface area contributed by atoms with E-state index in [1.807, 2.05) is 30.3 Å². The standard InChI is InChI=1S/C19H20N2O4/c1-20-18(22)14-9-7-13(8-10-14)11-21(2)19(23)17-12-24-15-5-3-4-6-16(15)25-17/h3-10,17H,11-12H2,1-2H3,(H,20,22). The molecule has 0 bridgehead atoms. The highest BCUT2D eigenvalue weighted by atomic mass is 16.6. The molecule has 3 rings (SSSR count). The van der Waals surface area contributed by atoms with Crippen LogP contribution >= 0.6 is 0 Å². The van der Waals surface area contributed by atoms with E-state index >= 15 is 0 Å². The van der Waals surface area contributed by atoms with Crippen LogP contribution in [0.25, 0.3) is 0 Å². The maximum absolute atomic E-state index is 12.6. The first kappa shape index (κ1) is 16.8. The molecule has 1 unspecified atom stereocenters. The molecule has 1 heterocycles. The molecule has 1 N–H and O–H groups in total. The summed E-state index contributed by atoms with van der Waals surface area (Å²) in [7, 11) is 3.31. The largest absolute Gasteiger partial charge is 0.485 e. The minimum atomic E-state index is -0.662. The lowest BCUT2D eigenvalue weighted by Gasteiger charge is -2.28. The molecule has 6 heteroatoms. The molecule has 130 valence electrons. The molecule has 1 aliphatic heterocycles. The molecule has 2 amide bonds. The van der Waals surface area contributed by atoms with Crippen LogP contribution in [0.2, 0.25) is 0 Å². The zero-order chi connectivity index (χ0) is 17.8. The van der Waals surface area contributed by atoms with Crippen molar-refractivity contribution in [2.24, 2.45) is 0 Å². The summed E-state index contributed by atoms with van der Waals surface area (Å²) < 4.78 is 11.3. The van der Waals surface area contributed by atoms with Crippen LogP contribution in [0.3, 0.4) is 0 Å². The molecule has 0 aromatic heterocycles. The van der Waals surface area contributed by atoms with Crippen LogP contribution in [-0.2, 0) is 11.3 Å². The van der Waals surface area contributed by atoms with Gasteiger partial charge < -0.3 is 19.7 Å². The minimum absolute atomic E-state index is 0.137. The van der Waals surface area contributed by atoms with Gasteiger partial charge in [0.05, 0.1) is 0 Å². The van der Waals surface area contributed by atoms with Crippen molar-refractivity contribution in [1.29, 1.82) is 0 Å². The van der Waals surface area contributed by atoms with Gasteiger partial charge in [0.1, 0.15) is 6.61 Å². The Bertz CT molecular complexity index is 773. The lowest BCUT2D eigenvalue weighted by Crippen LogP contribution is -2.44. The number of nitrogens with zero attached hydrogens (tertiary/aromatic N) is 1. The van der Waals surface area contributed by atoms with Crippen molar-refractivity contribution in [2.75, 3.05) is 20.7 Å². The summed E-state index contributed by atoms with van der Waals surface area (Å²) in [6, 6.07) is 14.4. The Labute approximate surface area is 146 Å². The summed E-state index contributed by atoms with van der Waals surface area (Å²) in [5, 5.41) is 2.58. The first-order valence-corrected chi connectivity index (χ1v) is 8.03. The third-order valence-corrected chi connectivity index (χ3v) is 4.02. The monoisotopic (exact) mass is 340 g/mol. The number of para-hydroxylation sites is 2. The van der Waals surface area contributed by atoms with Gasteiger partial charge >= 0.3 is 0 Å². The molecule has 25 heavy (non-hydrogen) atoms. The van der Waals surface area contributed by atoms with Crippen LogP contribution in [0, 0.1) is 0 Å². The zero-order valence-corrected chi connectivity index (χ0v) is 14.2. The van der Waals surface area contributed by atoms with Crippen LogP contribution in [0.1, 0.15) is 15.9 Å².